The Hall–Kier alpha value is -1.38. The van der Waals surface area contributed by atoms with Crippen molar-refractivity contribution in [2.75, 3.05) is 0 Å². The van der Waals surface area contributed by atoms with E-state index < -0.39 is 0 Å². The standard InChI is InChI=1S/C13H19FN2/c1-9(2)16-12(15)13(3,4)10-5-7-11(14)8-6-10/h5-9H,1-4H3,(H2,15,16). The lowest BCUT2D eigenvalue weighted by Crippen LogP contribution is -2.36. The molecule has 0 fully saturated rings. The second-order valence-electron chi connectivity index (χ2n) is 4.74. The van der Waals surface area contributed by atoms with Crippen molar-refractivity contribution >= 4 is 5.84 Å². The average molecular weight is 222 g/mol. The first-order chi connectivity index (χ1) is 7.34. The molecule has 1 aromatic carbocycles. The van der Waals surface area contributed by atoms with Gasteiger partial charge in [-0.2, -0.15) is 0 Å². The predicted molar refractivity (Wildman–Crippen MR) is 66.2 cm³/mol. The molecule has 0 spiro atoms. The fraction of sp³-hybridized carbons (Fsp3) is 0.462. The highest BCUT2D eigenvalue weighted by Crippen LogP contribution is 2.23. The van der Waals surface area contributed by atoms with Crippen molar-refractivity contribution < 1.29 is 4.39 Å². The van der Waals surface area contributed by atoms with Gasteiger partial charge in [-0.3, -0.25) is 4.99 Å². The summed E-state index contributed by atoms with van der Waals surface area (Å²) in [6.07, 6.45) is 0. The van der Waals surface area contributed by atoms with Gasteiger partial charge < -0.3 is 5.73 Å². The molecule has 2 nitrogen and oxygen atoms in total. The fourth-order valence-corrected chi connectivity index (χ4v) is 1.45. The molecule has 3 heteroatoms. The summed E-state index contributed by atoms with van der Waals surface area (Å²) in [4.78, 5) is 4.35. The van der Waals surface area contributed by atoms with Gasteiger partial charge in [-0.15, -0.1) is 0 Å². The van der Waals surface area contributed by atoms with Crippen molar-refractivity contribution in [3.05, 3.63) is 35.6 Å². The lowest BCUT2D eigenvalue weighted by molar-refractivity contribution is 0.622. The van der Waals surface area contributed by atoms with Gasteiger partial charge in [-0.25, -0.2) is 4.39 Å². The largest absolute Gasteiger partial charge is 0.387 e. The average Bonchev–Trinajstić information content (AvgIpc) is 2.17. The van der Waals surface area contributed by atoms with Crippen molar-refractivity contribution in [1.29, 1.82) is 0 Å². The van der Waals surface area contributed by atoms with E-state index in [2.05, 4.69) is 4.99 Å². The summed E-state index contributed by atoms with van der Waals surface area (Å²) in [5.74, 6) is 0.341. The van der Waals surface area contributed by atoms with Crippen LogP contribution < -0.4 is 5.73 Å². The normalized spacial score (nSPS) is 13.2. The van der Waals surface area contributed by atoms with Crippen molar-refractivity contribution in [2.45, 2.75) is 39.2 Å². The molecule has 0 bridgehead atoms. The van der Waals surface area contributed by atoms with Crippen LogP contribution in [0.1, 0.15) is 33.3 Å². The van der Waals surface area contributed by atoms with Crippen molar-refractivity contribution in [2.24, 2.45) is 10.7 Å². The van der Waals surface area contributed by atoms with Crippen LogP contribution in [-0.4, -0.2) is 11.9 Å². The lowest BCUT2D eigenvalue weighted by Gasteiger charge is -2.25. The third-order valence-corrected chi connectivity index (χ3v) is 2.60. The Morgan fingerprint density at radius 2 is 1.75 bits per heavy atom. The Morgan fingerprint density at radius 1 is 1.25 bits per heavy atom. The van der Waals surface area contributed by atoms with Crippen LogP contribution in [0.5, 0.6) is 0 Å². The molecule has 0 saturated heterocycles. The minimum atomic E-state index is -0.363. The Balaban J connectivity index is 3.06. The maximum atomic E-state index is 12.8. The maximum absolute atomic E-state index is 12.8. The van der Waals surface area contributed by atoms with Gasteiger partial charge in [0, 0.05) is 11.5 Å². The third-order valence-electron chi connectivity index (χ3n) is 2.60. The van der Waals surface area contributed by atoms with Crippen LogP contribution in [0.25, 0.3) is 0 Å². The van der Waals surface area contributed by atoms with E-state index in [9.17, 15) is 4.39 Å². The van der Waals surface area contributed by atoms with Gasteiger partial charge in [0.05, 0.1) is 0 Å². The van der Waals surface area contributed by atoms with E-state index in [0.717, 1.165) is 5.56 Å². The van der Waals surface area contributed by atoms with Gasteiger partial charge in [0.2, 0.25) is 0 Å². The molecule has 1 rings (SSSR count). The molecule has 16 heavy (non-hydrogen) atoms. The van der Waals surface area contributed by atoms with E-state index in [1.54, 1.807) is 12.1 Å². The zero-order chi connectivity index (χ0) is 12.3. The second-order valence-corrected chi connectivity index (χ2v) is 4.74. The van der Waals surface area contributed by atoms with Crippen LogP contribution in [0.4, 0.5) is 4.39 Å². The van der Waals surface area contributed by atoms with E-state index >= 15 is 0 Å². The number of nitrogens with zero attached hydrogens (tertiary/aromatic N) is 1. The lowest BCUT2D eigenvalue weighted by atomic mass is 9.83. The second kappa shape index (κ2) is 4.64. The van der Waals surface area contributed by atoms with Gasteiger partial charge in [0.1, 0.15) is 11.7 Å². The number of aliphatic imine (C=N–C) groups is 1. The zero-order valence-electron chi connectivity index (χ0n) is 10.3. The summed E-state index contributed by atoms with van der Waals surface area (Å²) >= 11 is 0. The topological polar surface area (TPSA) is 38.4 Å². The first kappa shape index (κ1) is 12.7. The highest BCUT2D eigenvalue weighted by atomic mass is 19.1. The summed E-state index contributed by atoms with van der Waals surface area (Å²) < 4.78 is 12.8. The Kier molecular flexibility index (Phi) is 3.68. The molecular weight excluding hydrogens is 203 g/mol. The number of rotatable bonds is 3. The van der Waals surface area contributed by atoms with Crippen LogP contribution in [-0.2, 0) is 5.41 Å². The molecule has 0 radical (unpaired) electrons. The zero-order valence-corrected chi connectivity index (χ0v) is 10.3. The van der Waals surface area contributed by atoms with Crippen LogP contribution >= 0.6 is 0 Å². The molecule has 1 aromatic rings. The summed E-state index contributed by atoms with van der Waals surface area (Å²) in [5.41, 5.74) is 6.58. The molecule has 0 amide bonds. The number of hydrogen-bond acceptors (Lipinski definition) is 1. The van der Waals surface area contributed by atoms with Gasteiger partial charge in [0.25, 0.3) is 0 Å². The highest BCUT2D eigenvalue weighted by Gasteiger charge is 2.25. The molecule has 0 atom stereocenters. The molecule has 0 aliphatic heterocycles. The molecule has 0 saturated carbocycles. The molecule has 2 N–H and O–H groups in total. The van der Waals surface area contributed by atoms with Crippen molar-refractivity contribution in [3.63, 3.8) is 0 Å². The molecule has 0 aliphatic rings. The fourth-order valence-electron chi connectivity index (χ4n) is 1.45. The predicted octanol–water partition coefficient (Wildman–Crippen LogP) is 2.87. The molecule has 0 aliphatic carbocycles. The molecular formula is C13H19FN2. The first-order valence-corrected chi connectivity index (χ1v) is 5.44. The number of benzene rings is 1. The third kappa shape index (κ3) is 2.81. The van der Waals surface area contributed by atoms with Gasteiger partial charge in [0.15, 0.2) is 0 Å². The Morgan fingerprint density at radius 3 is 2.19 bits per heavy atom. The molecule has 0 unspecified atom stereocenters. The van der Waals surface area contributed by atoms with Crippen LogP contribution in [0.3, 0.4) is 0 Å². The van der Waals surface area contributed by atoms with E-state index in [4.69, 9.17) is 5.73 Å². The van der Waals surface area contributed by atoms with Gasteiger partial charge >= 0.3 is 0 Å². The first-order valence-electron chi connectivity index (χ1n) is 5.44. The minimum absolute atomic E-state index is 0.166. The van der Waals surface area contributed by atoms with Gasteiger partial charge in [-0.1, -0.05) is 12.1 Å². The van der Waals surface area contributed by atoms with Gasteiger partial charge in [-0.05, 0) is 45.4 Å². The smallest absolute Gasteiger partial charge is 0.123 e. The molecule has 0 heterocycles. The Bertz CT molecular complexity index is 377. The summed E-state index contributed by atoms with van der Waals surface area (Å²) in [6, 6.07) is 6.55. The molecule has 88 valence electrons. The van der Waals surface area contributed by atoms with Crippen LogP contribution in [0.2, 0.25) is 0 Å². The number of halogens is 1. The number of amidine groups is 1. The van der Waals surface area contributed by atoms with E-state index in [-0.39, 0.29) is 17.3 Å². The Labute approximate surface area is 96.4 Å². The summed E-state index contributed by atoms with van der Waals surface area (Å²) in [5, 5.41) is 0. The van der Waals surface area contributed by atoms with E-state index in [0.29, 0.717) is 5.84 Å². The minimum Gasteiger partial charge on any atom is -0.387 e. The van der Waals surface area contributed by atoms with E-state index in [1.165, 1.54) is 12.1 Å². The number of hydrogen-bond donors (Lipinski definition) is 1. The maximum Gasteiger partial charge on any atom is 0.123 e. The molecule has 0 aromatic heterocycles. The highest BCUT2D eigenvalue weighted by molar-refractivity contribution is 5.91. The van der Waals surface area contributed by atoms with Crippen molar-refractivity contribution in [3.8, 4) is 0 Å². The summed E-state index contributed by atoms with van der Waals surface area (Å²) in [6.45, 7) is 7.93. The number of nitrogens with two attached hydrogens (primary N) is 1. The SMILES string of the molecule is CC(C)N=C(N)C(C)(C)c1ccc(F)cc1. The van der Waals surface area contributed by atoms with Crippen LogP contribution in [0.15, 0.2) is 29.3 Å². The van der Waals surface area contributed by atoms with Crippen LogP contribution in [0, 0.1) is 5.82 Å². The monoisotopic (exact) mass is 222 g/mol. The van der Waals surface area contributed by atoms with E-state index in [1.807, 2.05) is 27.7 Å². The van der Waals surface area contributed by atoms with Crippen molar-refractivity contribution in [1.82, 2.24) is 0 Å². The quantitative estimate of drug-likeness (QED) is 0.620. The summed E-state index contributed by atoms with van der Waals surface area (Å²) in [7, 11) is 0.